The number of para-hydroxylation sites is 3. The van der Waals surface area contributed by atoms with Crippen LogP contribution >= 0.6 is 0 Å². The van der Waals surface area contributed by atoms with Crippen molar-refractivity contribution in [3.8, 4) is 5.82 Å². The van der Waals surface area contributed by atoms with Gasteiger partial charge in [-0.2, -0.15) is 0 Å². The predicted octanol–water partition coefficient (Wildman–Crippen LogP) is 7.41. The van der Waals surface area contributed by atoms with Gasteiger partial charge in [0.1, 0.15) is 5.82 Å². The molecular formula is C44H36N4Si. The van der Waals surface area contributed by atoms with Gasteiger partial charge >= 0.3 is 0 Å². The van der Waals surface area contributed by atoms with Gasteiger partial charge in [0.2, 0.25) is 0 Å². The third kappa shape index (κ3) is 4.61. The number of rotatable bonds is 6. The van der Waals surface area contributed by atoms with Crippen LogP contribution < -0.4 is 30.5 Å². The second-order valence-electron chi connectivity index (χ2n) is 12.8. The Morgan fingerprint density at radius 2 is 1.22 bits per heavy atom. The molecule has 0 aliphatic carbocycles. The van der Waals surface area contributed by atoms with Crippen molar-refractivity contribution in [2.24, 2.45) is 0 Å². The quantitative estimate of drug-likeness (QED) is 0.138. The van der Waals surface area contributed by atoms with E-state index >= 15 is 0 Å². The van der Waals surface area contributed by atoms with Crippen LogP contribution in [-0.2, 0) is 0 Å². The molecule has 0 fully saturated rings. The summed E-state index contributed by atoms with van der Waals surface area (Å²) in [5.41, 5.74) is 5.81. The van der Waals surface area contributed by atoms with E-state index in [0.29, 0.717) is 5.82 Å². The van der Waals surface area contributed by atoms with Gasteiger partial charge in [-0.25, -0.2) is 4.98 Å². The highest BCUT2D eigenvalue weighted by Crippen LogP contribution is 2.39. The standard InChI is InChI=1S/C44H36N4Si/c1-32-26-27-45-44(28-32)48-40-21-10-9-20-38(40)39-25-24-37(30-43(39)48)49(34-15-5-3-6-16-34,35-17-7-4-8-18-35)36-19-13-14-33(29-36)47-31-46(2)41-22-11-12-23-42(41)47/h3-30H,31H2,1-2H3/i1D3. The number of hydrogen-bond donors (Lipinski definition) is 0. The van der Waals surface area contributed by atoms with E-state index in [9.17, 15) is 0 Å². The molecule has 0 unspecified atom stereocenters. The number of benzene rings is 6. The highest BCUT2D eigenvalue weighted by atomic mass is 28.3. The fraction of sp³-hybridized carbons (Fsp3) is 0.0682. The van der Waals surface area contributed by atoms with Crippen LogP contribution in [-0.4, -0.2) is 31.3 Å². The van der Waals surface area contributed by atoms with Gasteiger partial charge in [-0.15, -0.1) is 0 Å². The Bertz CT molecular complexity index is 2540. The molecule has 4 nitrogen and oxygen atoms in total. The second-order valence-corrected chi connectivity index (χ2v) is 16.6. The molecule has 0 atom stereocenters. The van der Waals surface area contributed by atoms with Crippen molar-refractivity contribution in [2.75, 3.05) is 23.5 Å². The van der Waals surface area contributed by atoms with Gasteiger partial charge < -0.3 is 9.80 Å². The Labute approximate surface area is 292 Å². The summed E-state index contributed by atoms with van der Waals surface area (Å²) in [5.74, 6) is 0.586. The Hall–Kier alpha value is -5.91. The zero-order valence-electron chi connectivity index (χ0n) is 30.2. The Balaban J connectivity index is 1.35. The SMILES string of the molecule is [2H]C([2H])([2H])c1ccnc(-n2c3ccccc3c3ccc([Si](c4ccccc4)(c4ccccc4)c4cccc(N5CN(C)c6ccccc65)c4)cc32)c1. The maximum absolute atomic E-state index is 8.15. The zero-order valence-corrected chi connectivity index (χ0v) is 28.2. The summed E-state index contributed by atoms with van der Waals surface area (Å²) in [6.45, 7) is -1.48. The van der Waals surface area contributed by atoms with Crippen molar-refractivity contribution in [2.45, 2.75) is 6.85 Å². The monoisotopic (exact) mass is 651 g/mol. The van der Waals surface area contributed by atoms with Crippen molar-refractivity contribution < 1.29 is 4.11 Å². The molecule has 49 heavy (non-hydrogen) atoms. The van der Waals surface area contributed by atoms with Crippen molar-refractivity contribution in [1.29, 1.82) is 0 Å². The van der Waals surface area contributed by atoms with E-state index in [2.05, 4.69) is 167 Å². The molecule has 236 valence electrons. The van der Waals surface area contributed by atoms with Gasteiger partial charge in [-0.05, 0) is 81.7 Å². The smallest absolute Gasteiger partial charge is 0.179 e. The maximum atomic E-state index is 8.15. The first-order valence-corrected chi connectivity index (χ1v) is 18.6. The summed E-state index contributed by atoms with van der Waals surface area (Å²) in [6.07, 6.45) is 1.61. The van der Waals surface area contributed by atoms with Crippen molar-refractivity contribution in [1.82, 2.24) is 9.55 Å². The summed E-state index contributed by atoms with van der Waals surface area (Å²) in [4.78, 5) is 9.45. The minimum atomic E-state index is -2.99. The van der Waals surface area contributed by atoms with Gasteiger partial charge in [0.25, 0.3) is 0 Å². The summed E-state index contributed by atoms with van der Waals surface area (Å²) >= 11 is 0. The first-order chi connectivity index (χ1) is 25.3. The molecule has 0 spiro atoms. The first kappa shape index (κ1) is 26.1. The highest BCUT2D eigenvalue weighted by Gasteiger charge is 2.42. The normalized spacial score (nSPS) is 14.1. The molecule has 3 heterocycles. The van der Waals surface area contributed by atoms with E-state index in [1.807, 2.05) is 6.07 Å². The fourth-order valence-corrected chi connectivity index (χ4v) is 12.7. The minimum absolute atomic E-state index is 0.267. The van der Waals surface area contributed by atoms with Gasteiger partial charge in [0.05, 0.1) is 29.1 Å². The number of nitrogens with zero attached hydrogens (tertiary/aromatic N) is 4. The summed E-state index contributed by atoms with van der Waals surface area (Å²) in [7, 11) is -0.840. The Kier molecular flexibility index (Phi) is 6.20. The fourth-order valence-electron chi connectivity index (χ4n) is 7.88. The molecule has 1 aliphatic heterocycles. The molecule has 0 bridgehead atoms. The van der Waals surface area contributed by atoms with Gasteiger partial charge in [0, 0.05) is 33.8 Å². The molecule has 9 rings (SSSR count). The molecule has 0 amide bonds. The summed E-state index contributed by atoms with van der Waals surface area (Å²) in [6, 6.07) is 58.2. The second kappa shape index (κ2) is 11.7. The Morgan fingerprint density at radius 1 is 0.571 bits per heavy atom. The molecule has 2 aromatic heterocycles. The Morgan fingerprint density at radius 3 is 2.00 bits per heavy atom. The molecule has 6 aromatic carbocycles. The van der Waals surface area contributed by atoms with Crippen LogP contribution in [0.15, 0.2) is 170 Å². The van der Waals surface area contributed by atoms with Crippen LogP contribution in [0, 0.1) is 6.85 Å². The van der Waals surface area contributed by atoms with Crippen LogP contribution in [0.4, 0.5) is 17.1 Å². The van der Waals surface area contributed by atoms with Gasteiger partial charge in [-0.1, -0.05) is 115 Å². The van der Waals surface area contributed by atoms with E-state index in [-0.39, 0.29) is 5.56 Å². The molecule has 0 saturated carbocycles. The summed E-state index contributed by atoms with van der Waals surface area (Å²) in [5, 5.41) is 7.25. The molecule has 8 aromatic rings. The minimum Gasteiger partial charge on any atom is -0.355 e. The number of aromatic nitrogens is 2. The molecule has 0 radical (unpaired) electrons. The average Bonchev–Trinajstić information content (AvgIpc) is 3.70. The number of aryl methyl sites for hydroxylation is 1. The van der Waals surface area contributed by atoms with E-state index in [1.54, 1.807) is 18.3 Å². The molecule has 0 N–H and O–H groups in total. The van der Waals surface area contributed by atoms with Crippen LogP contribution in [0.2, 0.25) is 0 Å². The van der Waals surface area contributed by atoms with Gasteiger partial charge in [0.15, 0.2) is 8.07 Å². The van der Waals surface area contributed by atoms with E-state index < -0.39 is 14.9 Å². The molecule has 5 heteroatoms. The van der Waals surface area contributed by atoms with Crippen LogP contribution in [0.5, 0.6) is 0 Å². The lowest BCUT2D eigenvalue weighted by Gasteiger charge is -2.35. The summed E-state index contributed by atoms with van der Waals surface area (Å²) < 4.78 is 26.6. The largest absolute Gasteiger partial charge is 0.355 e. The third-order valence-corrected chi connectivity index (χ3v) is 14.8. The van der Waals surface area contributed by atoms with Crippen LogP contribution in [0.25, 0.3) is 27.6 Å². The van der Waals surface area contributed by atoms with Crippen LogP contribution in [0.1, 0.15) is 9.68 Å². The lowest BCUT2D eigenvalue weighted by Crippen LogP contribution is -2.74. The van der Waals surface area contributed by atoms with Gasteiger partial charge in [-0.3, -0.25) is 4.57 Å². The average molecular weight is 652 g/mol. The predicted molar refractivity (Wildman–Crippen MR) is 209 cm³/mol. The van der Waals surface area contributed by atoms with Crippen molar-refractivity contribution >= 4 is 67.7 Å². The van der Waals surface area contributed by atoms with Crippen LogP contribution in [0.3, 0.4) is 0 Å². The number of anilines is 3. The number of pyridine rings is 1. The van der Waals surface area contributed by atoms with E-state index in [1.165, 1.54) is 32.1 Å². The maximum Gasteiger partial charge on any atom is 0.179 e. The highest BCUT2D eigenvalue weighted by molar-refractivity contribution is 7.20. The van der Waals surface area contributed by atoms with Crippen molar-refractivity contribution in [3.05, 3.63) is 176 Å². The zero-order chi connectivity index (χ0) is 35.5. The van der Waals surface area contributed by atoms with Crippen molar-refractivity contribution in [3.63, 3.8) is 0 Å². The third-order valence-electron chi connectivity index (χ3n) is 10.0. The molecule has 1 aliphatic rings. The number of hydrogen-bond acceptors (Lipinski definition) is 3. The lowest BCUT2D eigenvalue weighted by atomic mass is 10.1. The number of fused-ring (bicyclic) bond motifs is 4. The van der Waals surface area contributed by atoms with E-state index in [4.69, 9.17) is 9.10 Å². The topological polar surface area (TPSA) is 24.3 Å². The van der Waals surface area contributed by atoms with E-state index in [0.717, 1.165) is 34.2 Å². The first-order valence-electron chi connectivity index (χ1n) is 18.1. The lowest BCUT2D eigenvalue weighted by molar-refractivity contribution is 0.950. The molecular weight excluding hydrogens is 613 g/mol. The molecule has 0 saturated heterocycles.